The van der Waals surface area contributed by atoms with E-state index in [4.69, 9.17) is 10.8 Å². The molecule has 0 fully saturated rings. The summed E-state index contributed by atoms with van der Waals surface area (Å²) < 4.78 is 0. The second-order valence-corrected chi connectivity index (χ2v) is 3.01. The van der Waals surface area contributed by atoms with Crippen LogP contribution in [-0.2, 0) is 0 Å². The minimum atomic E-state index is -1.28. The summed E-state index contributed by atoms with van der Waals surface area (Å²) >= 11 is 0. The fraction of sp³-hybridized carbons (Fsp3) is 0.333. The van der Waals surface area contributed by atoms with Gasteiger partial charge in [0.2, 0.25) is 0 Å². The molecule has 2 unspecified atom stereocenters. The molecule has 0 aliphatic rings. The van der Waals surface area contributed by atoms with E-state index in [-0.39, 0.29) is 12.2 Å². The molecule has 1 heterocycles. The SMILES string of the molecule is N#Cc1ccnc(C(O)C(O)CN=[N+]=[N-])c1. The Kier molecular flexibility index (Phi) is 4.24. The first-order valence-corrected chi connectivity index (χ1v) is 4.42. The molecule has 0 aromatic carbocycles. The van der Waals surface area contributed by atoms with Crippen LogP contribution < -0.4 is 0 Å². The molecule has 0 saturated heterocycles. The van der Waals surface area contributed by atoms with E-state index >= 15 is 0 Å². The van der Waals surface area contributed by atoms with E-state index in [0.717, 1.165) is 0 Å². The lowest BCUT2D eigenvalue weighted by Gasteiger charge is -2.14. The normalized spacial score (nSPS) is 13.3. The van der Waals surface area contributed by atoms with E-state index in [1.807, 2.05) is 6.07 Å². The molecule has 16 heavy (non-hydrogen) atoms. The predicted octanol–water partition coefficient (Wildman–Crippen LogP) is 0.658. The number of aromatic nitrogens is 1. The van der Waals surface area contributed by atoms with Crippen molar-refractivity contribution in [1.82, 2.24) is 4.98 Å². The minimum absolute atomic E-state index is 0.166. The Morgan fingerprint density at radius 2 is 2.38 bits per heavy atom. The van der Waals surface area contributed by atoms with Gasteiger partial charge < -0.3 is 10.2 Å². The fourth-order valence-electron chi connectivity index (χ4n) is 1.10. The monoisotopic (exact) mass is 219 g/mol. The van der Waals surface area contributed by atoms with Crippen molar-refractivity contribution in [3.8, 4) is 6.07 Å². The van der Waals surface area contributed by atoms with Crippen LogP contribution >= 0.6 is 0 Å². The van der Waals surface area contributed by atoms with Gasteiger partial charge in [-0.3, -0.25) is 4.98 Å². The van der Waals surface area contributed by atoms with Crippen molar-refractivity contribution in [2.24, 2.45) is 5.11 Å². The molecule has 0 radical (unpaired) electrons. The first kappa shape index (κ1) is 11.9. The fourth-order valence-corrected chi connectivity index (χ4v) is 1.10. The molecule has 0 spiro atoms. The smallest absolute Gasteiger partial charge is 0.122 e. The summed E-state index contributed by atoms with van der Waals surface area (Å²) in [4.78, 5) is 6.29. The third kappa shape index (κ3) is 2.93. The van der Waals surface area contributed by atoms with Crippen LogP contribution in [0, 0.1) is 11.3 Å². The number of hydrogen-bond donors (Lipinski definition) is 2. The van der Waals surface area contributed by atoms with Crippen molar-refractivity contribution in [3.63, 3.8) is 0 Å². The maximum absolute atomic E-state index is 9.63. The number of azide groups is 1. The number of nitrogens with zero attached hydrogens (tertiary/aromatic N) is 5. The summed E-state index contributed by atoms with van der Waals surface area (Å²) in [6.07, 6.45) is -1.16. The topological polar surface area (TPSA) is 126 Å². The lowest BCUT2D eigenvalue weighted by atomic mass is 10.1. The molecule has 0 bridgehead atoms. The van der Waals surface area contributed by atoms with Gasteiger partial charge in [0.1, 0.15) is 6.10 Å². The molecular formula is C9H9N5O2. The molecule has 0 aliphatic heterocycles. The van der Waals surface area contributed by atoms with E-state index in [9.17, 15) is 10.2 Å². The average Bonchev–Trinajstić information content (AvgIpc) is 2.35. The summed E-state index contributed by atoms with van der Waals surface area (Å²) in [7, 11) is 0. The van der Waals surface area contributed by atoms with E-state index in [1.54, 1.807) is 0 Å². The summed E-state index contributed by atoms with van der Waals surface area (Å²) in [5.41, 5.74) is 8.56. The average molecular weight is 219 g/mol. The third-order valence-corrected chi connectivity index (χ3v) is 1.91. The minimum Gasteiger partial charge on any atom is -0.390 e. The molecule has 1 aromatic rings. The van der Waals surface area contributed by atoms with Gasteiger partial charge in [0, 0.05) is 11.1 Å². The molecule has 1 aromatic heterocycles. The zero-order chi connectivity index (χ0) is 12.0. The highest BCUT2D eigenvalue weighted by molar-refractivity contribution is 5.29. The molecule has 7 nitrogen and oxygen atoms in total. The van der Waals surface area contributed by atoms with E-state index in [0.29, 0.717) is 5.56 Å². The number of hydrogen-bond acceptors (Lipinski definition) is 5. The van der Waals surface area contributed by atoms with E-state index < -0.39 is 12.2 Å². The number of aliphatic hydroxyl groups is 2. The Hall–Kier alpha value is -2.13. The number of nitriles is 1. The molecule has 0 amide bonds. The first-order valence-electron chi connectivity index (χ1n) is 4.42. The van der Waals surface area contributed by atoms with E-state index in [2.05, 4.69) is 15.0 Å². The number of pyridine rings is 1. The van der Waals surface area contributed by atoms with Crippen molar-refractivity contribution in [2.45, 2.75) is 12.2 Å². The van der Waals surface area contributed by atoms with Crippen LogP contribution in [0.2, 0.25) is 0 Å². The van der Waals surface area contributed by atoms with Gasteiger partial charge in [0.25, 0.3) is 0 Å². The summed E-state index contributed by atoms with van der Waals surface area (Å²) in [6, 6.07) is 4.74. The summed E-state index contributed by atoms with van der Waals surface area (Å²) in [6.45, 7) is -0.254. The Morgan fingerprint density at radius 3 is 3.00 bits per heavy atom. The Balaban J connectivity index is 2.83. The van der Waals surface area contributed by atoms with Crippen molar-refractivity contribution in [1.29, 1.82) is 5.26 Å². The van der Waals surface area contributed by atoms with Gasteiger partial charge in [-0.05, 0) is 17.7 Å². The summed E-state index contributed by atoms with van der Waals surface area (Å²) in [5, 5.41) is 30.8. The molecule has 1 rings (SSSR count). The molecule has 0 saturated carbocycles. The largest absolute Gasteiger partial charge is 0.390 e. The van der Waals surface area contributed by atoms with Gasteiger partial charge in [0.15, 0.2) is 0 Å². The van der Waals surface area contributed by atoms with Crippen molar-refractivity contribution >= 4 is 0 Å². The molecule has 0 aliphatic carbocycles. The quantitative estimate of drug-likeness (QED) is 0.438. The van der Waals surface area contributed by atoms with Crippen LogP contribution in [0.1, 0.15) is 17.4 Å². The second kappa shape index (κ2) is 5.68. The lowest BCUT2D eigenvalue weighted by molar-refractivity contribution is 0.0218. The van der Waals surface area contributed by atoms with Crippen LogP contribution in [-0.4, -0.2) is 27.8 Å². The maximum Gasteiger partial charge on any atom is 0.122 e. The molecule has 2 atom stereocenters. The highest BCUT2D eigenvalue weighted by Gasteiger charge is 2.19. The molecule has 2 N–H and O–H groups in total. The Morgan fingerprint density at radius 1 is 1.62 bits per heavy atom. The van der Waals surface area contributed by atoms with Crippen molar-refractivity contribution in [2.75, 3.05) is 6.54 Å². The van der Waals surface area contributed by atoms with Crippen LogP contribution in [0.15, 0.2) is 23.4 Å². The number of aliphatic hydroxyl groups excluding tert-OH is 2. The number of rotatable bonds is 4. The van der Waals surface area contributed by atoms with Crippen LogP contribution in [0.4, 0.5) is 0 Å². The van der Waals surface area contributed by atoms with Crippen LogP contribution in [0.3, 0.4) is 0 Å². The standard InChI is InChI=1S/C9H9N5O2/c10-4-6-1-2-12-7(3-6)9(16)8(15)5-13-14-11/h1-3,8-9,15-16H,5H2. The van der Waals surface area contributed by atoms with E-state index in [1.165, 1.54) is 18.3 Å². The highest BCUT2D eigenvalue weighted by Crippen LogP contribution is 2.15. The molecule has 82 valence electrons. The molecule has 7 heteroatoms. The van der Waals surface area contributed by atoms with Crippen LogP contribution in [0.5, 0.6) is 0 Å². The van der Waals surface area contributed by atoms with Gasteiger partial charge in [0.05, 0.1) is 30.0 Å². The van der Waals surface area contributed by atoms with Crippen LogP contribution in [0.25, 0.3) is 10.4 Å². The van der Waals surface area contributed by atoms with Crippen molar-refractivity contribution in [3.05, 3.63) is 40.0 Å². The van der Waals surface area contributed by atoms with Crippen molar-refractivity contribution < 1.29 is 10.2 Å². The second-order valence-electron chi connectivity index (χ2n) is 3.01. The Bertz CT molecular complexity index is 449. The van der Waals surface area contributed by atoms with Gasteiger partial charge in [-0.15, -0.1) is 0 Å². The highest BCUT2D eigenvalue weighted by atomic mass is 16.3. The first-order chi connectivity index (χ1) is 7.69. The van der Waals surface area contributed by atoms with Gasteiger partial charge in [-0.25, -0.2) is 0 Å². The summed E-state index contributed by atoms with van der Waals surface area (Å²) in [5.74, 6) is 0. The molecular weight excluding hydrogens is 210 g/mol. The maximum atomic E-state index is 9.63. The van der Waals surface area contributed by atoms with Gasteiger partial charge in [-0.1, -0.05) is 5.11 Å². The zero-order valence-corrected chi connectivity index (χ0v) is 8.22. The third-order valence-electron chi connectivity index (χ3n) is 1.91. The lowest BCUT2D eigenvalue weighted by Crippen LogP contribution is -2.22. The van der Waals surface area contributed by atoms with Gasteiger partial charge in [-0.2, -0.15) is 5.26 Å². The Labute approximate surface area is 91.2 Å². The predicted molar refractivity (Wildman–Crippen MR) is 53.9 cm³/mol. The zero-order valence-electron chi connectivity index (χ0n) is 8.22. The van der Waals surface area contributed by atoms with Gasteiger partial charge >= 0.3 is 0 Å².